The molecule has 0 aliphatic carbocycles. The van der Waals surface area contributed by atoms with E-state index in [0.717, 1.165) is 4.48 Å². The van der Waals surface area contributed by atoms with Gasteiger partial charge in [0.05, 0.1) is 7.11 Å². The fourth-order valence-electron chi connectivity index (χ4n) is 1.18. The van der Waals surface area contributed by atoms with Gasteiger partial charge in [0.25, 0.3) is 0 Å². The molecule has 0 aliphatic heterocycles. The third-order valence-electron chi connectivity index (χ3n) is 1.90. The Hall–Kier alpha value is -0.870. The van der Waals surface area contributed by atoms with Gasteiger partial charge in [0, 0.05) is 23.1 Å². The van der Waals surface area contributed by atoms with E-state index in [1.165, 1.54) is 7.11 Å². The second-order valence-electron chi connectivity index (χ2n) is 3.05. The van der Waals surface area contributed by atoms with E-state index >= 15 is 0 Å². The zero-order chi connectivity index (χ0) is 11.3. The molecule has 4 heteroatoms. The Morgan fingerprint density at radius 2 is 2.33 bits per heavy atom. The van der Waals surface area contributed by atoms with Gasteiger partial charge in [-0.3, -0.25) is 0 Å². The fourth-order valence-corrected chi connectivity index (χ4v) is 1.38. The first kappa shape index (κ1) is 12.2. The Labute approximate surface area is 97.3 Å². The van der Waals surface area contributed by atoms with Crippen molar-refractivity contribution in [3.05, 3.63) is 40.6 Å². The third-order valence-corrected chi connectivity index (χ3v) is 2.18. The molecule has 0 amide bonds. The summed E-state index contributed by atoms with van der Waals surface area (Å²) in [7, 11) is 1.45. The molecule has 15 heavy (non-hydrogen) atoms. The number of halogens is 2. The predicted molar refractivity (Wildman–Crippen MR) is 62.7 cm³/mol. The maximum Gasteiger partial charge on any atom is 0.169 e. The van der Waals surface area contributed by atoms with Gasteiger partial charge in [0.15, 0.2) is 11.6 Å². The molecule has 0 saturated carbocycles. The Kier molecular flexibility index (Phi) is 4.78. The summed E-state index contributed by atoms with van der Waals surface area (Å²) >= 11 is 3.22. The van der Waals surface area contributed by atoms with Crippen molar-refractivity contribution in [1.29, 1.82) is 0 Å². The Morgan fingerprint density at radius 1 is 1.60 bits per heavy atom. The average Bonchev–Trinajstić information content (AvgIpc) is 2.20. The van der Waals surface area contributed by atoms with Crippen molar-refractivity contribution in [3.8, 4) is 5.75 Å². The minimum absolute atomic E-state index is 0.270. The van der Waals surface area contributed by atoms with Crippen molar-refractivity contribution in [2.75, 3.05) is 13.7 Å². The van der Waals surface area contributed by atoms with Gasteiger partial charge < -0.3 is 10.1 Å². The van der Waals surface area contributed by atoms with Gasteiger partial charge in [0.2, 0.25) is 0 Å². The normalized spacial score (nSPS) is 10.1. The van der Waals surface area contributed by atoms with E-state index in [9.17, 15) is 4.39 Å². The summed E-state index contributed by atoms with van der Waals surface area (Å²) in [4.78, 5) is 0. The molecule has 1 rings (SSSR count). The van der Waals surface area contributed by atoms with Crippen molar-refractivity contribution in [2.45, 2.75) is 6.54 Å². The van der Waals surface area contributed by atoms with Crippen LogP contribution in [0.5, 0.6) is 5.75 Å². The van der Waals surface area contributed by atoms with Crippen LogP contribution in [0, 0.1) is 5.82 Å². The van der Waals surface area contributed by atoms with Crippen molar-refractivity contribution >= 4 is 15.9 Å². The first-order chi connectivity index (χ1) is 7.15. The minimum atomic E-state index is -0.312. The van der Waals surface area contributed by atoms with E-state index in [4.69, 9.17) is 4.74 Å². The molecular weight excluding hydrogens is 261 g/mol. The van der Waals surface area contributed by atoms with Gasteiger partial charge in [-0.15, -0.1) is 0 Å². The largest absolute Gasteiger partial charge is 0.494 e. The van der Waals surface area contributed by atoms with Crippen molar-refractivity contribution in [2.24, 2.45) is 0 Å². The van der Waals surface area contributed by atoms with E-state index in [2.05, 4.69) is 27.8 Å². The zero-order valence-corrected chi connectivity index (χ0v) is 10.1. The number of methoxy groups -OCH3 is 1. The fraction of sp³-hybridized carbons (Fsp3) is 0.273. The molecule has 0 spiro atoms. The molecule has 1 aromatic carbocycles. The lowest BCUT2D eigenvalue weighted by molar-refractivity contribution is 0.383. The topological polar surface area (TPSA) is 21.3 Å². The zero-order valence-electron chi connectivity index (χ0n) is 8.52. The molecule has 0 fully saturated rings. The maximum atomic E-state index is 13.6. The van der Waals surface area contributed by atoms with Crippen LogP contribution in [0.3, 0.4) is 0 Å². The predicted octanol–water partition coefficient (Wildman–Crippen LogP) is 2.83. The second kappa shape index (κ2) is 5.88. The summed E-state index contributed by atoms with van der Waals surface area (Å²) in [5.41, 5.74) is 0.586. The molecule has 1 aromatic rings. The molecule has 82 valence electrons. The van der Waals surface area contributed by atoms with Gasteiger partial charge in [-0.1, -0.05) is 34.6 Å². The highest BCUT2D eigenvalue weighted by Crippen LogP contribution is 2.19. The molecule has 0 heterocycles. The minimum Gasteiger partial charge on any atom is -0.494 e. The molecule has 0 radical (unpaired) electrons. The maximum absolute atomic E-state index is 13.6. The molecule has 0 aliphatic rings. The van der Waals surface area contributed by atoms with E-state index in [0.29, 0.717) is 18.7 Å². The van der Waals surface area contributed by atoms with E-state index in [1.54, 1.807) is 18.2 Å². The molecule has 0 bridgehead atoms. The van der Waals surface area contributed by atoms with Crippen LogP contribution in [0.1, 0.15) is 5.56 Å². The number of rotatable bonds is 5. The highest BCUT2D eigenvalue weighted by atomic mass is 79.9. The lowest BCUT2D eigenvalue weighted by Gasteiger charge is -2.08. The summed E-state index contributed by atoms with van der Waals surface area (Å²) in [5, 5.41) is 3.05. The smallest absolute Gasteiger partial charge is 0.169 e. The summed E-state index contributed by atoms with van der Waals surface area (Å²) in [6.45, 7) is 4.74. The summed E-state index contributed by atoms with van der Waals surface area (Å²) in [5.74, 6) is -0.0420. The Morgan fingerprint density at radius 3 is 2.93 bits per heavy atom. The first-order valence-corrected chi connectivity index (χ1v) is 5.30. The van der Waals surface area contributed by atoms with Crippen LogP contribution in [0.2, 0.25) is 0 Å². The summed E-state index contributed by atoms with van der Waals surface area (Å²) in [6, 6.07) is 5.09. The van der Waals surface area contributed by atoms with Crippen LogP contribution in [0.4, 0.5) is 4.39 Å². The molecular formula is C11H13BrFNO. The number of ether oxygens (including phenoxy) is 1. The summed E-state index contributed by atoms with van der Waals surface area (Å²) in [6.07, 6.45) is 0. The van der Waals surface area contributed by atoms with Gasteiger partial charge in [-0.2, -0.15) is 0 Å². The number of benzene rings is 1. The third kappa shape index (κ3) is 3.64. The van der Waals surface area contributed by atoms with Crippen LogP contribution in [0.25, 0.3) is 0 Å². The van der Waals surface area contributed by atoms with E-state index in [1.807, 2.05) is 0 Å². The standard InChI is InChI=1S/C11H13BrFNO/c1-8(12)6-14-7-9-4-3-5-10(15-2)11(9)13/h3-5,14H,1,6-7H2,2H3. The second-order valence-corrected chi connectivity index (χ2v) is 4.18. The van der Waals surface area contributed by atoms with Crippen LogP contribution in [0.15, 0.2) is 29.3 Å². The number of nitrogens with one attached hydrogen (secondary N) is 1. The number of hydrogen-bond acceptors (Lipinski definition) is 2. The van der Waals surface area contributed by atoms with Crippen molar-refractivity contribution in [3.63, 3.8) is 0 Å². The van der Waals surface area contributed by atoms with Crippen LogP contribution in [-0.4, -0.2) is 13.7 Å². The average molecular weight is 274 g/mol. The molecule has 0 unspecified atom stereocenters. The lowest BCUT2D eigenvalue weighted by atomic mass is 10.2. The van der Waals surface area contributed by atoms with Gasteiger partial charge >= 0.3 is 0 Å². The lowest BCUT2D eigenvalue weighted by Crippen LogP contribution is -2.15. The van der Waals surface area contributed by atoms with Gasteiger partial charge in [-0.25, -0.2) is 4.39 Å². The number of hydrogen-bond donors (Lipinski definition) is 1. The quantitative estimate of drug-likeness (QED) is 0.891. The molecule has 1 N–H and O–H groups in total. The Bertz CT molecular complexity index is 354. The SMILES string of the molecule is C=C(Br)CNCc1cccc(OC)c1F. The molecule has 2 nitrogen and oxygen atoms in total. The van der Waals surface area contributed by atoms with E-state index < -0.39 is 0 Å². The molecule has 0 aromatic heterocycles. The van der Waals surface area contributed by atoms with Crippen molar-refractivity contribution < 1.29 is 9.13 Å². The highest BCUT2D eigenvalue weighted by Gasteiger charge is 2.07. The monoisotopic (exact) mass is 273 g/mol. The van der Waals surface area contributed by atoms with Crippen LogP contribution < -0.4 is 10.1 Å². The van der Waals surface area contributed by atoms with Crippen molar-refractivity contribution in [1.82, 2.24) is 5.32 Å². The van der Waals surface area contributed by atoms with Crippen LogP contribution in [-0.2, 0) is 6.54 Å². The summed E-state index contributed by atoms with van der Waals surface area (Å²) < 4.78 is 19.3. The molecule has 0 saturated heterocycles. The Balaban J connectivity index is 2.64. The van der Waals surface area contributed by atoms with Gasteiger partial charge in [-0.05, 0) is 6.07 Å². The van der Waals surface area contributed by atoms with Gasteiger partial charge in [0.1, 0.15) is 0 Å². The molecule has 0 atom stereocenters. The van der Waals surface area contributed by atoms with Crippen LogP contribution >= 0.6 is 15.9 Å². The first-order valence-electron chi connectivity index (χ1n) is 4.50. The highest BCUT2D eigenvalue weighted by molar-refractivity contribution is 9.11. The van der Waals surface area contributed by atoms with E-state index in [-0.39, 0.29) is 11.6 Å².